The molecule has 3 rings (SSSR count). The molecule has 0 saturated heterocycles. The number of fused-ring (bicyclic) bond motifs is 1. The molecule has 0 unspecified atom stereocenters. The van der Waals surface area contributed by atoms with Crippen molar-refractivity contribution in [2.24, 2.45) is 0 Å². The summed E-state index contributed by atoms with van der Waals surface area (Å²) in [6.07, 6.45) is 0. The third-order valence-electron chi connectivity index (χ3n) is 3.83. The van der Waals surface area contributed by atoms with Gasteiger partial charge in [-0.3, -0.25) is 0 Å². The average Bonchev–Trinajstić information content (AvgIpc) is 2.85. The fourth-order valence-corrected chi connectivity index (χ4v) is 2.73. The molecule has 0 bridgehead atoms. The van der Waals surface area contributed by atoms with Crippen molar-refractivity contribution in [1.82, 2.24) is 0 Å². The number of carbonyl (C=O) groups is 1. The molecule has 102 valence electrons. The van der Waals surface area contributed by atoms with Gasteiger partial charge in [-0.05, 0) is 59.4 Å². The molecule has 0 atom stereocenters. The van der Waals surface area contributed by atoms with E-state index in [2.05, 4.69) is 12.1 Å². The maximum atomic E-state index is 11.3. The lowest BCUT2D eigenvalue weighted by atomic mass is 9.93. The van der Waals surface area contributed by atoms with Gasteiger partial charge in [-0.25, -0.2) is 4.79 Å². The standard InChI is InChI=1S/C17H16O3/c1-10-5-11(2)16(17(18)19)7-15(10)12-3-4-13-8-20-9-14(13)6-12/h3-7H,8-9H2,1-2H3,(H,18,19). The second kappa shape index (κ2) is 4.76. The third kappa shape index (κ3) is 2.10. The molecule has 0 amide bonds. The first kappa shape index (κ1) is 12.9. The van der Waals surface area contributed by atoms with Crippen LogP contribution in [0.4, 0.5) is 0 Å². The summed E-state index contributed by atoms with van der Waals surface area (Å²) >= 11 is 0. The van der Waals surface area contributed by atoms with Crippen LogP contribution in [0.5, 0.6) is 0 Å². The Morgan fingerprint density at radius 2 is 1.80 bits per heavy atom. The normalized spacial score (nSPS) is 13.3. The number of aryl methyl sites for hydroxylation is 2. The molecule has 3 heteroatoms. The molecule has 3 nitrogen and oxygen atoms in total. The summed E-state index contributed by atoms with van der Waals surface area (Å²) in [6.45, 7) is 5.15. The van der Waals surface area contributed by atoms with E-state index in [4.69, 9.17) is 4.74 Å². The Morgan fingerprint density at radius 3 is 2.55 bits per heavy atom. The van der Waals surface area contributed by atoms with Gasteiger partial charge < -0.3 is 9.84 Å². The third-order valence-corrected chi connectivity index (χ3v) is 3.83. The van der Waals surface area contributed by atoms with E-state index in [-0.39, 0.29) is 0 Å². The van der Waals surface area contributed by atoms with Crippen LogP contribution >= 0.6 is 0 Å². The van der Waals surface area contributed by atoms with E-state index in [0.29, 0.717) is 18.8 Å². The van der Waals surface area contributed by atoms with Crippen LogP contribution in [0, 0.1) is 13.8 Å². The van der Waals surface area contributed by atoms with E-state index in [1.807, 2.05) is 26.0 Å². The van der Waals surface area contributed by atoms with Crippen LogP contribution in [0.2, 0.25) is 0 Å². The van der Waals surface area contributed by atoms with E-state index in [1.54, 1.807) is 6.07 Å². The number of hydrogen-bond acceptors (Lipinski definition) is 2. The van der Waals surface area contributed by atoms with Gasteiger partial charge in [0.05, 0.1) is 18.8 Å². The molecule has 20 heavy (non-hydrogen) atoms. The van der Waals surface area contributed by atoms with Crippen molar-refractivity contribution < 1.29 is 14.6 Å². The molecule has 0 aromatic heterocycles. The van der Waals surface area contributed by atoms with Crippen LogP contribution in [0.15, 0.2) is 30.3 Å². The van der Waals surface area contributed by atoms with Crippen LogP contribution in [0.1, 0.15) is 32.6 Å². The molecular formula is C17H16O3. The summed E-state index contributed by atoms with van der Waals surface area (Å²) < 4.78 is 5.42. The zero-order valence-electron chi connectivity index (χ0n) is 11.6. The number of benzene rings is 2. The van der Waals surface area contributed by atoms with E-state index in [0.717, 1.165) is 22.3 Å². The number of aromatic carboxylic acids is 1. The second-order valence-electron chi connectivity index (χ2n) is 5.26. The highest BCUT2D eigenvalue weighted by molar-refractivity contribution is 5.91. The van der Waals surface area contributed by atoms with Gasteiger partial charge in [-0.1, -0.05) is 18.2 Å². The number of carboxylic acids is 1. The molecule has 2 aromatic rings. The van der Waals surface area contributed by atoms with Crippen LogP contribution < -0.4 is 0 Å². The van der Waals surface area contributed by atoms with Gasteiger partial charge >= 0.3 is 5.97 Å². The van der Waals surface area contributed by atoms with Gasteiger partial charge in [-0.2, -0.15) is 0 Å². The van der Waals surface area contributed by atoms with E-state index in [9.17, 15) is 9.90 Å². The Labute approximate surface area is 117 Å². The number of ether oxygens (including phenoxy) is 1. The van der Waals surface area contributed by atoms with Crippen molar-refractivity contribution in [1.29, 1.82) is 0 Å². The molecule has 1 N–H and O–H groups in total. The monoisotopic (exact) mass is 268 g/mol. The molecule has 0 spiro atoms. The lowest BCUT2D eigenvalue weighted by Crippen LogP contribution is -2.01. The van der Waals surface area contributed by atoms with E-state index >= 15 is 0 Å². The Hall–Kier alpha value is -2.13. The van der Waals surface area contributed by atoms with Gasteiger partial charge in [0.1, 0.15) is 0 Å². The highest BCUT2D eigenvalue weighted by Gasteiger charge is 2.15. The van der Waals surface area contributed by atoms with Crippen LogP contribution in [-0.2, 0) is 18.0 Å². The van der Waals surface area contributed by atoms with Crippen molar-refractivity contribution in [3.63, 3.8) is 0 Å². The smallest absolute Gasteiger partial charge is 0.335 e. The highest BCUT2D eigenvalue weighted by Crippen LogP contribution is 2.30. The predicted molar refractivity (Wildman–Crippen MR) is 76.8 cm³/mol. The predicted octanol–water partition coefficient (Wildman–Crippen LogP) is 3.70. The Balaban J connectivity index is 2.14. The lowest BCUT2D eigenvalue weighted by Gasteiger charge is -2.11. The summed E-state index contributed by atoms with van der Waals surface area (Å²) in [7, 11) is 0. The van der Waals surface area contributed by atoms with Crippen molar-refractivity contribution in [2.75, 3.05) is 0 Å². The second-order valence-corrected chi connectivity index (χ2v) is 5.26. The van der Waals surface area contributed by atoms with Crippen LogP contribution in [-0.4, -0.2) is 11.1 Å². The zero-order chi connectivity index (χ0) is 14.3. The fourth-order valence-electron chi connectivity index (χ4n) is 2.73. The summed E-state index contributed by atoms with van der Waals surface area (Å²) in [5, 5.41) is 9.26. The zero-order valence-corrected chi connectivity index (χ0v) is 11.6. The quantitative estimate of drug-likeness (QED) is 0.903. The first-order chi connectivity index (χ1) is 9.56. The van der Waals surface area contributed by atoms with Gasteiger partial charge in [-0.15, -0.1) is 0 Å². The average molecular weight is 268 g/mol. The summed E-state index contributed by atoms with van der Waals surface area (Å²) in [5.41, 5.74) is 6.69. The molecule has 0 radical (unpaired) electrons. The summed E-state index contributed by atoms with van der Waals surface area (Å²) in [6, 6.07) is 9.91. The van der Waals surface area contributed by atoms with Gasteiger partial charge in [0, 0.05) is 0 Å². The van der Waals surface area contributed by atoms with Crippen LogP contribution in [0.25, 0.3) is 11.1 Å². The first-order valence-electron chi connectivity index (χ1n) is 6.60. The minimum absolute atomic E-state index is 0.363. The topological polar surface area (TPSA) is 46.5 Å². The van der Waals surface area contributed by atoms with Crippen molar-refractivity contribution in [3.8, 4) is 11.1 Å². The maximum absolute atomic E-state index is 11.3. The largest absolute Gasteiger partial charge is 0.478 e. The minimum atomic E-state index is -0.881. The van der Waals surface area contributed by atoms with Gasteiger partial charge in [0.15, 0.2) is 0 Å². The van der Waals surface area contributed by atoms with Gasteiger partial charge in [0.25, 0.3) is 0 Å². The van der Waals surface area contributed by atoms with Crippen molar-refractivity contribution in [2.45, 2.75) is 27.1 Å². The summed E-state index contributed by atoms with van der Waals surface area (Å²) in [5.74, 6) is -0.881. The van der Waals surface area contributed by atoms with E-state index in [1.165, 1.54) is 11.1 Å². The molecule has 1 aliphatic heterocycles. The molecule has 0 aliphatic carbocycles. The first-order valence-corrected chi connectivity index (χ1v) is 6.60. The molecule has 1 heterocycles. The van der Waals surface area contributed by atoms with Crippen molar-refractivity contribution >= 4 is 5.97 Å². The van der Waals surface area contributed by atoms with E-state index < -0.39 is 5.97 Å². The minimum Gasteiger partial charge on any atom is -0.478 e. The molecule has 2 aromatic carbocycles. The maximum Gasteiger partial charge on any atom is 0.335 e. The Morgan fingerprint density at radius 1 is 1.05 bits per heavy atom. The summed E-state index contributed by atoms with van der Waals surface area (Å²) in [4.78, 5) is 11.3. The number of hydrogen-bond donors (Lipinski definition) is 1. The Bertz CT molecular complexity index is 702. The van der Waals surface area contributed by atoms with Gasteiger partial charge in [0.2, 0.25) is 0 Å². The van der Waals surface area contributed by atoms with Crippen LogP contribution in [0.3, 0.4) is 0 Å². The molecule has 1 aliphatic rings. The number of rotatable bonds is 2. The molecular weight excluding hydrogens is 252 g/mol. The number of carboxylic acid groups (broad SMARTS) is 1. The fraction of sp³-hybridized carbons (Fsp3) is 0.235. The Kier molecular flexibility index (Phi) is 3.07. The lowest BCUT2D eigenvalue weighted by molar-refractivity contribution is 0.0696. The highest BCUT2D eigenvalue weighted by atomic mass is 16.5. The SMILES string of the molecule is Cc1cc(C)c(-c2ccc3c(c2)COC3)cc1C(=O)O. The molecule has 0 fully saturated rings. The molecule has 0 saturated carbocycles. The van der Waals surface area contributed by atoms with Crippen molar-refractivity contribution in [3.05, 3.63) is 58.1 Å².